The first-order valence-corrected chi connectivity index (χ1v) is 22.7. The van der Waals surface area contributed by atoms with E-state index < -0.39 is 18.0 Å². The van der Waals surface area contributed by atoms with Gasteiger partial charge in [-0.25, -0.2) is 4.79 Å². The molecule has 0 saturated carbocycles. The highest BCUT2D eigenvalue weighted by atomic mass is 16.5. The molecule has 0 aliphatic carbocycles. The molecule has 0 fully saturated rings. The van der Waals surface area contributed by atoms with Crippen LogP contribution in [0.5, 0.6) is 0 Å². The molecular formula is C44H81N5O12. The molecule has 17 heteroatoms. The van der Waals surface area contributed by atoms with Gasteiger partial charge >= 0.3 is 11.9 Å². The van der Waals surface area contributed by atoms with Crippen LogP contribution in [0.15, 0.2) is 12.2 Å². The molecule has 0 aliphatic rings. The number of unbranched alkanes of at least 4 members (excludes halogenated alkanes) is 14. The minimum Gasteiger partial charge on any atom is -0.481 e. The van der Waals surface area contributed by atoms with Gasteiger partial charge in [0.1, 0.15) is 19.3 Å². The van der Waals surface area contributed by atoms with Crippen LogP contribution in [0.2, 0.25) is 0 Å². The molecule has 0 aromatic rings. The van der Waals surface area contributed by atoms with Crippen LogP contribution in [0.4, 0.5) is 0 Å². The summed E-state index contributed by atoms with van der Waals surface area (Å²) >= 11 is 0. The zero-order valence-electron chi connectivity index (χ0n) is 37.3. The van der Waals surface area contributed by atoms with Crippen molar-refractivity contribution in [1.82, 2.24) is 21.3 Å². The summed E-state index contributed by atoms with van der Waals surface area (Å²) in [4.78, 5) is 70.4. The molecule has 0 bridgehead atoms. The number of nitrogens with one attached hydrogen (secondary N) is 4. The molecule has 0 aromatic carbocycles. The first-order valence-electron chi connectivity index (χ1n) is 22.7. The lowest BCUT2D eigenvalue weighted by Crippen LogP contribution is -2.41. The fourth-order valence-corrected chi connectivity index (χ4v) is 6.15. The molecule has 354 valence electrons. The molecule has 0 rings (SSSR count). The summed E-state index contributed by atoms with van der Waals surface area (Å²) in [5.74, 6) is -3.06. The molecule has 0 aliphatic heterocycles. The number of hydrogen-bond acceptors (Lipinski definition) is 11. The van der Waals surface area contributed by atoms with E-state index in [1.54, 1.807) is 0 Å². The van der Waals surface area contributed by atoms with Gasteiger partial charge in [0.2, 0.25) is 23.6 Å². The first kappa shape index (κ1) is 57.4. The van der Waals surface area contributed by atoms with E-state index in [9.17, 15) is 33.9 Å². The number of nitrogens with two attached hydrogens (primary N) is 1. The Hall–Kier alpha value is -3.64. The van der Waals surface area contributed by atoms with Crippen LogP contribution >= 0.6 is 0 Å². The molecule has 0 unspecified atom stereocenters. The number of carbonyl (C=O) groups is 6. The molecule has 61 heavy (non-hydrogen) atoms. The number of carbonyl (C=O) groups excluding carboxylic acids is 4. The number of rotatable bonds is 45. The van der Waals surface area contributed by atoms with Gasteiger partial charge in [-0.2, -0.15) is 0 Å². The van der Waals surface area contributed by atoms with E-state index in [0.29, 0.717) is 19.5 Å². The number of ether oxygens (including phenoxy) is 4. The van der Waals surface area contributed by atoms with Gasteiger partial charge in [0.15, 0.2) is 0 Å². The zero-order chi connectivity index (χ0) is 45.2. The summed E-state index contributed by atoms with van der Waals surface area (Å²) in [5, 5.41) is 28.8. The van der Waals surface area contributed by atoms with Crippen LogP contribution in [0.25, 0.3) is 0 Å². The van der Waals surface area contributed by atoms with E-state index in [0.717, 1.165) is 69.8 Å². The van der Waals surface area contributed by atoms with Gasteiger partial charge in [0.25, 0.3) is 0 Å². The molecule has 8 N–H and O–H groups in total. The summed E-state index contributed by atoms with van der Waals surface area (Å²) in [7, 11) is 0. The first-order chi connectivity index (χ1) is 29.5. The van der Waals surface area contributed by atoms with Crippen molar-refractivity contribution in [2.24, 2.45) is 5.73 Å². The van der Waals surface area contributed by atoms with Crippen molar-refractivity contribution in [2.45, 2.75) is 160 Å². The van der Waals surface area contributed by atoms with Crippen LogP contribution < -0.4 is 27.0 Å². The van der Waals surface area contributed by atoms with Crippen molar-refractivity contribution >= 4 is 35.6 Å². The van der Waals surface area contributed by atoms with Gasteiger partial charge in [-0.1, -0.05) is 96.1 Å². The fraction of sp³-hybridized carbons (Fsp3) is 0.818. The minimum absolute atomic E-state index is 0.00639. The number of aliphatic carboxylic acids is 2. The molecule has 0 aromatic heterocycles. The second kappa shape index (κ2) is 41.7. The third-order valence-electron chi connectivity index (χ3n) is 9.93. The monoisotopic (exact) mass is 872 g/mol. The predicted molar refractivity (Wildman–Crippen MR) is 234 cm³/mol. The van der Waals surface area contributed by atoms with Gasteiger partial charge in [-0.3, -0.25) is 24.0 Å². The average molecular weight is 872 g/mol. The molecule has 0 saturated heterocycles. The van der Waals surface area contributed by atoms with Crippen LogP contribution in [0.3, 0.4) is 0 Å². The highest BCUT2D eigenvalue weighted by molar-refractivity contribution is 5.84. The SMILES string of the molecule is C=C(CC)[C@@H](N)CCCCNC(=O)COCCOCCNC(=O)COCCOCCNC(=O)CC[C@H](NC(=O)CCCCCCCCCCCCCCCCC(=O)O)C(=O)O. The van der Waals surface area contributed by atoms with Crippen molar-refractivity contribution in [1.29, 1.82) is 0 Å². The summed E-state index contributed by atoms with van der Waals surface area (Å²) in [6.07, 6.45) is 19.0. The summed E-state index contributed by atoms with van der Waals surface area (Å²) in [6, 6.07) is -1.13. The molecule has 4 amide bonds. The average Bonchev–Trinajstić information content (AvgIpc) is 3.23. The Morgan fingerprint density at radius 2 is 0.951 bits per heavy atom. The second-order valence-corrected chi connectivity index (χ2v) is 15.3. The zero-order valence-corrected chi connectivity index (χ0v) is 37.3. The molecule has 2 atom stereocenters. The lowest BCUT2D eigenvalue weighted by molar-refractivity contribution is -0.142. The Bertz CT molecular complexity index is 1190. The Morgan fingerprint density at radius 1 is 0.508 bits per heavy atom. The number of hydrogen-bond donors (Lipinski definition) is 7. The van der Waals surface area contributed by atoms with E-state index in [4.69, 9.17) is 29.8 Å². The van der Waals surface area contributed by atoms with Crippen molar-refractivity contribution in [3.05, 3.63) is 12.2 Å². The maximum atomic E-state index is 12.3. The van der Waals surface area contributed by atoms with Gasteiger partial charge < -0.3 is 56.2 Å². The van der Waals surface area contributed by atoms with Crippen molar-refractivity contribution in [3.8, 4) is 0 Å². The lowest BCUT2D eigenvalue weighted by atomic mass is 10.0. The lowest BCUT2D eigenvalue weighted by Gasteiger charge is -2.14. The minimum atomic E-state index is -1.18. The van der Waals surface area contributed by atoms with Gasteiger partial charge in [-0.05, 0) is 44.9 Å². The Morgan fingerprint density at radius 3 is 1.43 bits per heavy atom. The molecule has 0 radical (unpaired) electrons. The van der Waals surface area contributed by atoms with Crippen LogP contribution in [0, 0.1) is 0 Å². The maximum absolute atomic E-state index is 12.3. The van der Waals surface area contributed by atoms with Crippen molar-refractivity contribution < 1.29 is 57.9 Å². The molecule has 0 heterocycles. The maximum Gasteiger partial charge on any atom is 0.326 e. The van der Waals surface area contributed by atoms with Crippen LogP contribution in [-0.4, -0.2) is 130 Å². The largest absolute Gasteiger partial charge is 0.481 e. The third kappa shape index (κ3) is 40.2. The number of amides is 4. The molecule has 17 nitrogen and oxygen atoms in total. The fourth-order valence-electron chi connectivity index (χ4n) is 6.15. The summed E-state index contributed by atoms with van der Waals surface area (Å²) in [6.45, 7) is 8.27. The Balaban J connectivity index is 3.65. The topological polar surface area (TPSA) is 254 Å². The van der Waals surface area contributed by atoms with Gasteiger partial charge in [0.05, 0.1) is 39.6 Å². The quantitative estimate of drug-likeness (QED) is 0.0328. The Labute approximate surface area is 364 Å². The third-order valence-corrected chi connectivity index (χ3v) is 9.93. The smallest absolute Gasteiger partial charge is 0.326 e. The number of carboxylic acids is 2. The van der Waals surface area contributed by atoms with E-state index in [-0.39, 0.29) is 115 Å². The highest BCUT2D eigenvalue weighted by Gasteiger charge is 2.21. The standard InChI is InChI=1S/C44H81N5O12/c1-3-36(2)37(45)20-18-19-25-46-41(52)34-60-32-31-59-29-27-48-42(53)35-61-33-30-58-28-26-47-39(50)24-23-38(44(56)57)49-40(51)21-16-14-12-10-8-6-4-5-7-9-11-13-15-17-22-43(54)55/h37-38H,2-35,45H2,1H3,(H,46,52)(H,47,50)(H,48,53)(H,49,51)(H,54,55)(H,56,57)/t37-,38-/m0/s1. The van der Waals surface area contributed by atoms with E-state index in [2.05, 4.69) is 27.8 Å². The summed E-state index contributed by atoms with van der Waals surface area (Å²) in [5.41, 5.74) is 7.07. The van der Waals surface area contributed by atoms with Gasteiger partial charge in [-0.15, -0.1) is 0 Å². The van der Waals surface area contributed by atoms with Crippen molar-refractivity contribution in [2.75, 3.05) is 72.5 Å². The normalized spacial score (nSPS) is 12.0. The highest BCUT2D eigenvalue weighted by Crippen LogP contribution is 2.14. The Kier molecular flexibility index (Phi) is 39.2. The van der Waals surface area contributed by atoms with Crippen molar-refractivity contribution in [3.63, 3.8) is 0 Å². The van der Waals surface area contributed by atoms with E-state index >= 15 is 0 Å². The van der Waals surface area contributed by atoms with Crippen LogP contribution in [0.1, 0.15) is 148 Å². The van der Waals surface area contributed by atoms with E-state index in [1.807, 2.05) is 6.92 Å². The summed E-state index contributed by atoms with van der Waals surface area (Å²) < 4.78 is 21.4. The second-order valence-electron chi connectivity index (χ2n) is 15.3. The van der Waals surface area contributed by atoms with Gasteiger partial charge in [0, 0.05) is 44.9 Å². The van der Waals surface area contributed by atoms with Crippen LogP contribution in [-0.2, 0) is 47.7 Å². The molecule has 0 spiro atoms. The number of carboxylic acid groups (broad SMARTS) is 2. The predicted octanol–water partition coefficient (Wildman–Crippen LogP) is 4.54. The van der Waals surface area contributed by atoms with E-state index in [1.165, 1.54) is 44.9 Å². The molecular weight excluding hydrogens is 791 g/mol.